The van der Waals surface area contributed by atoms with Crippen molar-refractivity contribution < 1.29 is 8.98 Å². The number of hydrogen-bond donors (Lipinski definition) is 0. The maximum atomic E-state index is 6.36. The molecule has 28 heavy (non-hydrogen) atoms. The minimum Gasteiger partial charge on any atom is -0.437 e. The van der Waals surface area contributed by atoms with Gasteiger partial charge < -0.3 is 4.42 Å². The second-order valence-corrected chi connectivity index (χ2v) is 8.18. The van der Waals surface area contributed by atoms with Crippen LogP contribution in [0.25, 0.3) is 33.3 Å². The van der Waals surface area contributed by atoms with E-state index in [4.69, 9.17) is 9.40 Å². The lowest BCUT2D eigenvalue weighted by Gasteiger charge is -2.11. The van der Waals surface area contributed by atoms with Gasteiger partial charge in [0, 0.05) is 28.6 Å². The number of hydrogen-bond acceptors (Lipinski definition) is 2. The number of furan rings is 1. The van der Waals surface area contributed by atoms with E-state index in [0.717, 1.165) is 34.2 Å². The van der Waals surface area contributed by atoms with E-state index in [2.05, 4.69) is 68.1 Å². The number of pyridine rings is 2. The normalized spacial score (nSPS) is 15.1. The van der Waals surface area contributed by atoms with Crippen molar-refractivity contribution in [2.24, 2.45) is 7.05 Å². The van der Waals surface area contributed by atoms with Crippen LogP contribution in [0.4, 0.5) is 0 Å². The van der Waals surface area contributed by atoms with Gasteiger partial charge in [-0.05, 0) is 55.4 Å². The summed E-state index contributed by atoms with van der Waals surface area (Å²) in [6.45, 7) is 4.30. The maximum absolute atomic E-state index is 6.36. The quantitative estimate of drug-likeness (QED) is 0.413. The van der Waals surface area contributed by atoms with E-state index in [1.165, 1.54) is 48.1 Å². The van der Waals surface area contributed by atoms with Gasteiger partial charge in [-0.15, -0.1) is 0 Å². The lowest BCUT2D eigenvalue weighted by Crippen LogP contribution is -2.31. The third-order valence-corrected chi connectivity index (χ3v) is 6.39. The summed E-state index contributed by atoms with van der Waals surface area (Å²) in [5, 5.41) is 2.25. The van der Waals surface area contributed by atoms with Crippen LogP contribution in [0.1, 0.15) is 55.3 Å². The zero-order valence-corrected chi connectivity index (χ0v) is 17.0. The van der Waals surface area contributed by atoms with Gasteiger partial charge in [-0.1, -0.05) is 31.9 Å². The van der Waals surface area contributed by atoms with Gasteiger partial charge >= 0.3 is 0 Å². The smallest absolute Gasteiger partial charge is 0.227 e. The molecule has 0 radical (unpaired) electrons. The molecule has 0 amide bonds. The van der Waals surface area contributed by atoms with E-state index < -0.39 is 0 Å². The lowest BCUT2D eigenvalue weighted by atomic mass is 9.94. The summed E-state index contributed by atoms with van der Waals surface area (Å²) in [4.78, 5) is 4.72. The van der Waals surface area contributed by atoms with Crippen LogP contribution in [0.5, 0.6) is 0 Å². The van der Waals surface area contributed by atoms with Crippen molar-refractivity contribution in [1.29, 1.82) is 0 Å². The van der Waals surface area contributed by atoms with E-state index >= 15 is 0 Å². The van der Waals surface area contributed by atoms with E-state index in [0.29, 0.717) is 5.92 Å². The van der Waals surface area contributed by atoms with Crippen molar-refractivity contribution in [2.75, 3.05) is 0 Å². The highest BCUT2D eigenvalue weighted by molar-refractivity contribution is 6.08. The van der Waals surface area contributed by atoms with Crippen LogP contribution < -0.4 is 4.57 Å². The van der Waals surface area contributed by atoms with Crippen LogP contribution in [0.15, 0.2) is 47.0 Å². The molecule has 5 rings (SSSR count). The summed E-state index contributed by atoms with van der Waals surface area (Å²) in [7, 11) is 2.13. The third-order valence-electron chi connectivity index (χ3n) is 6.39. The highest BCUT2D eigenvalue weighted by atomic mass is 16.3. The predicted octanol–water partition coefficient (Wildman–Crippen LogP) is 6.00. The summed E-state index contributed by atoms with van der Waals surface area (Å²) in [6.07, 6.45) is 8.44. The highest BCUT2D eigenvalue weighted by Crippen LogP contribution is 2.39. The standard InChI is InChI=1S/C25H27N2O/c1-4-19-10-12-21-20-11-9-16(2)23(24(20)28-25(21)26-19)22-15-18(13-14-27(22)3)17-7-5-6-8-17/h9-15,17H,4-8H2,1-3H3/q+1. The van der Waals surface area contributed by atoms with E-state index in [1.54, 1.807) is 0 Å². The summed E-state index contributed by atoms with van der Waals surface area (Å²) < 4.78 is 8.58. The largest absolute Gasteiger partial charge is 0.437 e. The molecule has 0 spiro atoms. The molecule has 0 bridgehead atoms. The fourth-order valence-electron chi connectivity index (χ4n) is 4.72. The van der Waals surface area contributed by atoms with Gasteiger partial charge in [0.05, 0.1) is 5.56 Å². The first kappa shape index (κ1) is 17.4. The molecule has 0 saturated heterocycles. The van der Waals surface area contributed by atoms with E-state index in [1.807, 2.05) is 0 Å². The van der Waals surface area contributed by atoms with Crippen molar-refractivity contribution >= 4 is 22.1 Å². The van der Waals surface area contributed by atoms with Crippen LogP contribution in [-0.2, 0) is 13.5 Å². The van der Waals surface area contributed by atoms with Crippen LogP contribution in [0.3, 0.4) is 0 Å². The molecule has 1 fully saturated rings. The molecule has 0 N–H and O–H groups in total. The summed E-state index contributed by atoms with van der Waals surface area (Å²) in [6, 6.07) is 13.3. The Bertz CT molecular complexity index is 1180. The Kier molecular flexibility index (Phi) is 4.19. The second-order valence-electron chi connectivity index (χ2n) is 8.18. The van der Waals surface area contributed by atoms with Crippen molar-refractivity contribution in [3.8, 4) is 11.3 Å². The van der Waals surface area contributed by atoms with Gasteiger partial charge in [0.2, 0.25) is 11.4 Å². The zero-order chi connectivity index (χ0) is 19.3. The van der Waals surface area contributed by atoms with Gasteiger partial charge in [-0.25, -0.2) is 9.55 Å². The third kappa shape index (κ3) is 2.72. The molecule has 1 saturated carbocycles. The molecule has 4 aromatic rings. The Labute approximate surface area is 166 Å². The molecule has 142 valence electrons. The molecule has 3 heteroatoms. The fraction of sp³-hybridized carbons (Fsp3) is 0.360. The first-order chi connectivity index (χ1) is 13.7. The minimum absolute atomic E-state index is 0.698. The minimum atomic E-state index is 0.698. The number of rotatable bonds is 3. The topological polar surface area (TPSA) is 29.9 Å². The molecule has 1 aromatic carbocycles. The molecule has 0 aliphatic heterocycles. The second kappa shape index (κ2) is 6.73. The summed E-state index contributed by atoms with van der Waals surface area (Å²) >= 11 is 0. The zero-order valence-electron chi connectivity index (χ0n) is 17.0. The van der Waals surface area contributed by atoms with Gasteiger partial charge in [0.25, 0.3) is 0 Å². The van der Waals surface area contributed by atoms with Crippen LogP contribution in [-0.4, -0.2) is 4.98 Å². The molecule has 0 unspecified atom stereocenters. The SMILES string of the molecule is CCc1ccc2c(n1)oc1c(-c3cc(C4CCCC4)cc[n+]3C)c(C)ccc12. The summed E-state index contributed by atoms with van der Waals surface area (Å²) in [5.74, 6) is 0.698. The van der Waals surface area contributed by atoms with Crippen LogP contribution in [0, 0.1) is 6.92 Å². The van der Waals surface area contributed by atoms with Crippen molar-refractivity contribution in [3.63, 3.8) is 0 Å². The van der Waals surface area contributed by atoms with Crippen LogP contribution in [0.2, 0.25) is 0 Å². The van der Waals surface area contributed by atoms with Gasteiger partial charge in [-0.3, -0.25) is 0 Å². The molecule has 1 aliphatic rings. The lowest BCUT2D eigenvalue weighted by molar-refractivity contribution is -0.660. The number of aryl methyl sites for hydroxylation is 3. The highest BCUT2D eigenvalue weighted by Gasteiger charge is 2.24. The predicted molar refractivity (Wildman–Crippen MR) is 113 cm³/mol. The van der Waals surface area contributed by atoms with E-state index in [-0.39, 0.29) is 0 Å². The molecular weight excluding hydrogens is 344 g/mol. The van der Waals surface area contributed by atoms with Gasteiger partial charge in [0.15, 0.2) is 11.8 Å². The van der Waals surface area contributed by atoms with Crippen molar-refractivity contribution in [1.82, 2.24) is 4.98 Å². The first-order valence-electron chi connectivity index (χ1n) is 10.5. The number of nitrogens with zero attached hydrogens (tertiary/aromatic N) is 2. The number of aromatic nitrogens is 2. The number of fused-ring (bicyclic) bond motifs is 3. The van der Waals surface area contributed by atoms with Gasteiger partial charge in [-0.2, -0.15) is 0 Å². The Morgan fingerprint density at radius 2 is 1.86 bits per heavy atom. The van der Waals surface area contributed by atoms with Crippen molar-refractivity contribution in [2.45, 2.75) is 51.9 Å². The van der Waals surface area contributed by atoms with Gasteiger partial charge in [0.1, 0.15) is 7.05 Å². The first-order valence-corrected chi connectivity index (χ1v) is 10.5. The number of benzene rings is 1. The molecule has 3 nitrogen and oxygen atoms in total. The Morgan fingerprint density at radius 3 is 2.64 bits per heavy atom. The molecule has 3 aromatic heterocycles. The Hall–Kier alpha value is -2.68. The maximum Gasteiger partial charge on any atom is 0.227 e. The average molecular weight is 372 g/mol. The molecule has 3 heterocycles. The van der Waals surface area contributed by atoms with E-state index in [9.17, 15) is 0 Å². The van der Waals surface area contributed by atoms with Crippen molar-refractivity contribution in [3.05, 3.63) is 59.4 Å². The average Bonchev–Trinajstić information content (AvgIpc) is 3.36. The Morgan fingerprint density at radius 1 is 1.07 bits per heavy atom. The summed E-state index contributed by atoms with van der Waals surface area (Å²) in [5.41, 5.74) is 7.88. The molecule has 1 aliphatic carbocycles. The van der Waals surface area contributed by atoms with Crippen LogP contribution >= 0.6 is 0 Å². The fourth-order valence-corrected chi connectivity index (χ4v) is 4.72. The Balaban J connectivity index is 1.76. The molecular formula is C25H27N2O+. The monoisotopic (exact) mass is 371 g/mol. The molecule has 0 atom stereocenters.